The summed E-state index contributed by atoms with van der Waals surface area (Å²) in [6.07, 6.45) is 1.76. The van der Waals surface area contributed by atoms with Crippen LogP contribution in [0.2, 0.25) is 45.8 Å². The van der Waals surface area contributed by atoms with Gasteiger partial charge in [-0.05, 0) is 45.8 Å². The van der Waals surface area contributed by atoms with Crippen molar-refractivity contribution in [2.24, 2.45) is 0 Å². The Labute approximate surface area is 103 Å². The molecule has 0 saturated carbocycles. The van der Waals surface area contributed by atoms with Gasteiger partial charge in [0.25, 0.3) is 0 Å². The molecule has 0 atom stereocenters. The molecule has 96 valence electrons. The molecule has 16 heavy (non-hydrogen) atoms. The van der Waals surface area contributed by atoms with Crippen molar-refractivity contribution >= 4 is 25.4 Å². The van der Waals surface area contributed by atoms with E-state index in [1.165, 1.54) is 0 Å². The standard InChI is InChI=1S/C10H26O3Si3/c1-9-10-11-15(5,6)13-16(7,8)12-14(2,3)4/h9H,1,10H2,2-8H3. The van der Waals surface area contributed by atoms with Crippen molar-refractivity contribution in [3.8, 4) is 0 Å². The zero-order valence-electron chi connectivity index (χ0n) is 11.7. The Bertz CT molecular complexity index is 234. The van der Waals surface area contributed by atoms with Crippen LogP contribution in [0.15, 0.2) is 12.7 Å². The van der Waals surface area contributed by atoms with Crippen LogP contribution in [-0.4, -0.2) is 32.0 Å². The second-order valence-electron chi connectivity index (χ2n) is 5.72. The molecule has 6 heteroatoms. The molecule has 0 aromatic rings. The molecule has 0 fully saturated rings. The summed E-state index contributed by atoms with van der Waals surface area (Å²) in [6.45, 7) is 19.1. The summed E-state index contributed by atoms with van der Waals surface area (Å²) in [4.78, 5) is 0. The molecule has 0 saturated heterocycles. The van der Waals surface area contributed by atoms with Crippen LogP contribution in [0.25, 0.3) is 0 Å². The molecule has 0 heterocycles. The summed E-state index contributed by atoms with van der Waals surface area (Å²) in [7, 11) is -5.67. The third kappa shape index (κ3) is 8.43. The molecule has 0 aromatic heterocycles. The summed E-state index contributed by atoms with van der Waals surface area (Å²) in [6, 6.07) is 0. The predicted octanol–water partition coefficient (Wildman–Crippen LogP) is 3.46. The highest BCUT2D eigenvalue weighted by Crippen LogP contribution is 2.20. The van der Waals surface area contributed by atoms with E-state index in [9.17, 15) is 0 Å². The van der Waals surface area contributed by atoms with E-state index in [-0.39, 0.29) is 0 Å². The fourth-order valence-electron chi connectivity index (χ4n) is 1.64. The predicted molar refractivity (Wildman–Crippen MR) is 76.6 cm³/mol. The Balaban J connectivity index is 4.38. The maximum absolute atomic E-state index is 6.13. The van der Waals surface area contributed by atoms with Crippen LogP contribution in [0, 0.1) is 0 Å². The summed E-state index contributed by atoms with van der Waals surface area (Å²) in [5.74, 6) is 0. The molecule has 0 aliphatic heterocycles. The minimum atomic E-state index is -2.07. The van der Waals surface area contributed by atoms with Gasteiger partial charge < -0.3 is 12.7 Å². The summed E-state index contributed by atoms with van der Waals surface area (Å²) < 4.78 is 17.9. The van der Waals surface area contributed by atoms with Gasteiger partial charge >= 0.3 is 17.1 Å². The van der Waals surface area contributed by atoms with Crippen LogP contribution in [0.3, 0.4) is 0 Å². The fraction of sp³-hybridized carbons (Fsp3) is 0.800. The van der Waals surface area contributed by atoms with Crippen LogP contribution in [0.1, 0.15) is 0 Å². The Morgan fingerprint density at radius 1 is 0.875 bits per heavy atom. The molecule has 0 N–H and O–H groups in total. The van der Waals surface area contributed by atoms with Crippen molar-refractivity contribution < 1.29 is 12.7 Å². The van der Waals surface area contributed by atoms with Crippen molar-refractivity contribution in [3.63, 3.8) is 0 Å². The zero-order valence-corrected chi connectivity index (χ0v) is 14.7. The van der Waals surface area contributed by atoms with E-state index >= 15 is 0 Å². The number of hydrogen-bond acceptors (Lipinski definition) is 3. The first kappa shape index (κ1) is 16.3. The van der Waals surface area contributed by atoms with E-state index in [1.807, 2.05) is 0 Å². The normalized spacial score (nSPS) is 13.9. The largest absolute Gasteiger partial charge is 0.437 e. The molecular formula is C10H26O3Si3. The maximum Gasteiger partial charge on any atom is 0.323 e. The zero-order chi connectivity index (χ0) is 13.0. The first-order valence-corrected chi connectivity index (χ1v) is 14.7. The minimum Gasteiger partial charge on any atom is -0.437 e. The van der Waals surface area contributed by atoms with Gasteiger partial charge in [-0.15, -0.1) is 6.58 Å². The highest BCUT2D eigenvalue weighted by molar-refractivity contribution is 6.85. The third-order valence-electron chi connectivity index (χ3n) is 1.59. The van der Waals surface area contributed by atoms with Crippen molar-refractivity contribution in [2.75, 3.05) is 6.61 Å². The lowest BCUT2D eigenvalue weighted by Crippen LogP contribution is -2.52. The average molecular weight is 279 g/mol. The van der Waals surface area contributed by atoms with E-state index in [4.69, 9.17) is 12.7 Å². The smallest absolute Gasteiger partial charge is 0.323 e. The lowest BCUT2D eigenvalue weighted by atomic mass is 10.7. The molecular weight excluding hydrogens is 252 g/mol. The van der Waals surface area contributed by atoms with Gasteiger partial charge in [-0.1, -0.05) is 6.08 Å². The Morgan fingerprint density at radius 2 is 1.38 bits per heavy atom. The van der Waals surface area contributed by atoms with Crippen molar-refractivity contribution in [2.45, 2.75) is 45.8 Å². The lowest BCUT2D eigenvalue weighted by Gasteiger charge is -2.36. The van der Waals surface area contributed by atoms with E-state index in [0.717, 1.165) is 0 Å². The van der Waals surface area contributed by atoms with E-state index < -0.39 is 25.4 Å². The molecule has 0 aliphatic carbocycles. The fourth-order valence-corrected chi connectivity index (χ4v) is 13.6. The van der Waals surface area contributed by atoms with Crippen molar-refractivity contribution in [3.05, 3.63) is 12.7 Å². The first-order chi connectivity index (χ1) is 6.97. The van der Waals surface area contributed by atoms with Crippen LogP contribution in [-0.2, 0) is 12.7 Å². The SMILES string of the molecule is C=CCO[Si](C)(C)O[Si](C)(C)O[Si](C)(C)C. The van der Waals surface area contributed by atoms with Gasteiger partial charge in [0.15, 0.2) is 8.32 Å². The second kappa shape index (κ2) is 5.74. The highest BCUT2D eigenvalue weighted by Gasteiger charge is 2.38. The average Bonchev–Trinajstić information content (AvgIpc) is 1.93. The van der Waals surface area contributed by atoms with Crippen molar-refractivity contribution in [1.29, 1.82) is 0 Å². The molecule has 0 rings (SSSR count). The molecule has 0 spiro atoms. The van der Waals surface area contributed by atoms with Crippen LogP contribution in [0.4, 0.5) is 0 Å². The summed E-state index contributed by atoms with van der Waals surface area (Å²) in [5.41, 5.74) is 0. The van der Waals surface area contributed by atoms with E-state index in [1.54, 1.807) is 6.08 Å². The third-order valence-corrected chi connectivity index (χ3v) is 10.8. The molecule has 0 radical (unpaired) electrons. The van der Waals surface area contributed by atoms with Crippen LogP contribution < -0.4 is 0 Å². The Kier molecular flexibility index (Phi) is 5.84. The molecule has 0 aliphatic rings. The van der Waals surface area contributed by atoms with Gasteiger partial charge in [-0.3, -0.25) is 0 Å². The Morgan fingerprint density at radius 3 is 1.75 bits per heavy atom. The number of rotatable bonds is 7. The van der Waals surface area contributed by atoms with E-state index in [2.05, 4.69) is 52.4 Å². The molecule has 0 amide bonds. The topological polar surface area (TPSA) is 27.7 Å². The van der Waals surface area contributed by atoms with Gasteiger partial charge in [-0.2, -0.15) is 0 Å². The van der Waals surface area contributed by atoms with Crippen LogP contribution in [0.5, 0.6) is 0 Å². The van der Waals surface area contributed by atoms with Gasteiger partial charge in [0.2, 0.25) is 0 Å². The first-order valence-electron chi connectivity index (χ1n) is 5.63. The van der Waals surface area contributed by atoms with Gasteiger partial charge in [0, 0.05) is 0 Å². The second-order valence-corrected chi connectivity index (χ2v) is 17.5. The lowest BCUT2D eigenvalue weighted by molar-refractivity contribution is 0.255. The molecule has 0 unspecified atom stereocenters. The van der Waals surface area contributed by atoms with Gasteiger partial charge in [-0.25, -0.2) is 0 Å². The van der Waals surface area contributed by atoms with E-state index in [0.29, 0.717) is 6.61 Å². The molecule has 0 aromatic carbocycles. The van der Waals surface area contributed by atoms with Gasteiger partial charge in [0.05, 0.1) is 6.61 Å². The quantitative estimate of drug-likeness (QED) is 0.527. The van der Waals surface area contributed by atoms with Crippen LogP contribution >= 0.6 is 0 Å². The van der Waals surface area contributed by atoms with Gasteiger partial charge in [0.1, 0.15) is 0 Å². The molecule has 3 nitrogen and oxygen atoms in total. The highest BCUT2D eigenvalue weighted by atomic mass is 28.5. The monoisotopic (exact) mass is 278 g/mol. The summed E-state index contributed by atoms with van der Waals surface area (Å²) >= 11 is 0. The minimum absolute atomic E-state index is 0.552. The van der Waals surface area contributed by atoms with Crippen molar-refractivity contribution in [1.82, 2.24) is 0 Å². The Hall–Kier alpha value is 0.271. The maximum atomic E-state index is 6.13. The molecule has 0 bridgehead atoms. The number of hydrogen-bond donors (Lipinski definition) is 0. The summed E-state index contributed by atoms with van der Waals surface area (Å²) in [5, 5.41) is 0.